The number of non-ortho nitro benzene ring substituents is 1. The number of nitrogens with zero attached hydrogens (tertiary/aromatic N) is 2. The maximum atomic E-state index is 12.4. The minimum Gasteiger partial charge on any atom is -0.383 e. The number of nitro groups is 1. The van der Waals surface area contributed by atoms with Gasteiger partial charge in [0, 0.05) is 35.0 Å². The van der Waals surface area contributed by atoms with Gasteiger partial charge in [-0.25, -0.2) is 4.98 Å². The third-order valence-corrected chi connectivity index (χ3v) is 2.97. The van der Waals surface area contributed by atoms with Crippen molar-refractivity contribution in [2.75, 3.05) is 5.73 Å². The SMILES string of the molecule is C=C(C(=O)c1cccc([N+](=O)[O-])c1)c1cc(C)cnc1N. The van der Waals surface area contributed by atoms with Gasteiger partial charge in [-0.2, -0.15) is 0 Å². The van der Waals surface area contributed by atoms with Crippen LogP contribution in [0.25, 0.3) is 5.57 Å². The maximum Gasteiger partial charge on any atom is 0.270 e. The third-order valence-electron chi connectivity index (χ3n) is 2.97. The first-order valence-electron chi connectivity index (χ1n) is 6.10. The second-order valence-corrected chi connectivity index (χ2v) is 4.56. The average molecular weight is 283 g/mol. The normalized spacial score (nSPS) is 10.1. The zero-order valence-corrected chi connectivity index (χ0v) is 11.4. The summed E-state index contributed by atoms with van der Waals surface area (Å²) in [6.07, 6.45) is 1.59. The molecule has 6 nitrogen and oxygen atoms in total. The minimum atomic E-state index is -0.553. The van der Waals surface area contributed by atoms with Crippen molar-refractivity contribution in [2.45, 2.75) is 6.92 Å². The highest BCUT2D eigenvalue weighted by molar-refractivity contribution is 6.29. The van der Waals surface area contributed by atoms with Crippen molar-refractivity contribution in [3.63, 3.8) is 0 Å². The summed E-state index contributed by atoms with van der Waals surface area (Å²) in [5.74, 6) is -0.220. The van der Waals surface area contributed by atoms with Crippen LogP contribution < -0.4 is 5.73 Å². The number of aromatic nitrogens is 1. The number of aryl methyl sites for hydroxylation is 1. The van der Waals surface area contributed by atoms with E-state index in [1.54, 1.807) is 12.3 Å². The Morgan fingerprint density at radius 2 is 2.10 bits per heavy atom. The Morgan fingerprint density at radius 3 is 2.76 bits per heavy atom. The molecular formula is C15H13N3O3. The Kier molecular flexibility index (Phi) is 3.80. The summed E-state index contributed by atoms with van der Waals surface area (Å²) in [5, 5.41) is 10.8. The molecule has 6 heteroatoms. The first kappa shape index (κ1) is 14.4. The van der Waals surface area contributed by atoms with Gasteiger partial charge in [0.15, 0.2) is 5.78 Å². The molecule has 0 bridgehead atoms. The van der Waals surface area contributed by atoms with E-state index < -0.39 is 10.7 Å². The van der Waals surface area contributed by atoms with Crippen molar-refractivity contribution in [1.29, 1.82) is 0 Å². The molecule has 0 radical (unpaired) electrons. The first-order valence-corrected chi connectivity index (χ1v) is 6.10. The van der Waals surface area contributed by atoms with E-state index in [4.69, 9.17) is 5.73 Å². The van der Waals surface area contributed by atoms with Crippen molar-refractivity contribution in [3.05, 3.63) is 69.9 Å². The van der Waals surface area contributed by atoms with Crippen molar-refractivity contribution < 1.29 is 9.72 Å². The number of rotatable bonds is 4. The van der Waals surface area contributed by atoms with E-state index in [1.807, 2.05) is 6.92 Å². The average Bonchev–Trinajstić information content (AvgIpc) is 2.48. The Balaban J connectivity index is 2.40. The van der Waals surface area contributed by atoms with Crippen LogP contribution in [0.15, 0.2) is 43.1 Å². The predicted molar refractivity (Wildman–Crippen MR) is 79.8 cm³/mol. The molecule has 0 atom stereocenters. The highest BCUT2D eigenvalue weighted by Crippen LogP contribution is 2.24. The molecule has 2 N–H and O–H groups in total. The molecule has 0 aliphatic carbocycles. The van der Waals surface area contributed by atoms with E-state index in [1.165, 1.54) is 24.3 Å². The smallest absolute Gasteiger partial charge is 0.270 e. The van der Waals surface area contributed by atoms with Gasteiger partial charge in [-0.15, -0.1) is 0 Å². The lowest BCUT2D eigenvalue weighted by molar-refractivity contribution is -0.384. The van der Waals surface area contributed by atoms with Gasteiger partial charge < -0.3 is 5.73 Å². The second kappa shape index (κ2) is 5.54. The van der Waals surface area contributed by atoms with E-state index in [0.717, 1.165) is 5.56 Å². The van der Waals surface area contributed by atoms with Crippen LogP contribution in [0.2, 0.25) is 0 Å². The van der Waals surface area contributed by atoms with Crippen LogP contribution in [0.1, 0.15) is 21.5 Å². The van der Waals surface area contributed by atoms with Gasteiger partial charge >= 0.3 is 0 Å². The molecule has 2 rings (SSSR count). The number of hydrogen-bond donors (Lipinski definition) is 1. The van der Waals surface area contributed by atoms with E-state index in [2.05, 4.69) is 11.6 Å². The number of nitro benzene ring substituents is 1. The quantitative estimate of drug-likeness (QED) is 0.402. The highest BCUT2D eigenvalue weighted by atomic mass is 16.6. The Morgan fingerprint density at radius 1 is 1.38 bits per heavy atom. The number of nitrogen functional groups attached to an aromatic ring is 1. The van der Waals surface area contributed by atoms with Crippen molar-refractivity contribution in [2.24, 2.45) is 0 Å². The van der Waals surface area contributed by atoms with Gasteiger partial charge in [0.2, 0.25) is 0 Å². The van der Waals surface area contributed by atoms with Crippen LogP contribution >= 0.6 is 0 Å². The summed E-state index contributed by atoms with van der Waals surface area (Å²) in [6, 6.07) is 7.20. The van der Waals surface area contributed by atoms with Crippen LogP contribution in [0.4, 0.5) is 11.5 Å². The molecule has 0 saturated carbocycles. The Hall–Kier alpha value is -3.02. The zero-order chi connectivity index (χ0) is 15.6. The molecular weight excluding hydrogens is 270 g/mol. The minimum absolute atomic E-state index is 0.149. The molecule has 0 saturated heterocycles. The maximum absolute atomic E-state index is 12.4. The molecule has 1 aromatic heterocycles. The summed E-state index contributed by atoms with van der Waals surface area (Å²) in [5.41, 5.74) is 7.23. The van der Waals surface area contributed by atoms with E-state index >= 15 is 0 Å². The lowest BCUT2D eigenvalue weighted by Gasteiger charge is -2.08. The van der Waals surface area contributed by atoms with Crippen LogP contribution in [0.5, 0.6) is 0 Å². The number of benzene rings is 1. The van der Waals surface area contributed by atoms with Gasteiger partial charge in [0.05, 0.1) is 4.92 Å². The highest BCUT2D eigenvalue weighted by Gasteiger charge is 2.17. The molecule has 21 heavy (non-hydrogen) atoms. The second-order valence-electron chi connectivity index (χ2n) is 4.56. The predicted octanol–water partition coefficient (Wildman–Crippen LogP) is 2.78. The summed E-state index contributed by atoms with van der Waals surface area (Å²) < 4.78 is 0. The fraction of sp³-hybridized carbons (Fsp3) is 0.0667. The number of allylic oxidation sites excluding steroid dienone is 1. The van der Waals surface area contributed by atoms with E-state index in [-0.39, 0.29) is 22.6 Å². The van der Waals surface area contributed by atoms with Crippen molar-refractivity contribution in [1.82, 2.24) is 4.98 Å². The number of ketones is 1. The third kappa shape index (κ3) is 2.94. The van der Waals surface area contributed by atoms with Crippen molar-refractivity contribution in [3.8, 4) is 0 Å². The lowest BCUT2D eigenvalue weighted by atomic mass is 9.97. The largest absolute Gasteiger partial charge is 0.383 e. The van der Waals surface area contributed by atoms with Crippen LogP contribution in [0.3, 0.4) is 0 Å². The summed E-state index contributed by atoms with van der Waals surface area (Å²) in [4.78, 5) is 26.6. The number of Topliss-reactive ketones (excluding diaryl/α,β-unsaturated/α-hetero) is 1. The monoisotopic (exact) mass is 283 g/mol. The van der Waals surface area contributed by atoms with Gasteiger partial charge in [0.25, 0.3) is 5.69 Å². The lowest BCUT2D eigenvalue weighted by Crippen LogP contribution is -2.06. The topological polar surface area (TPSA) is 99.1 Å². The number of carbonyl (C=O) groups excluding carboxylic acids is 1. The number of nitrogens with two attached hydrogens (primary N) is 1. The zero-order valence-electron chi connectivity index (χ0n) is 11.4. The van der Waals surface area contributed by atoms with Crippen LogP contribution in [-0.2, 0) is 0 Å². The summed E-state index contributed by atoms with van der Waals surface area (Å²) >= 11 is 0. The molecule has 0 aliphatic heterocycles. The first-order chi connectivity index (χ1) is 9.90. The van der Waals surface area contributed by atoms with Crippen LogP contribution in [0, 0.1) is 17.0 Å². The van der Waals surface area contributed by atoms with Crippen LogP contribution in [-0.4, -0.2) is 15.7 Å². The number of hydrogen-bond acceptors (Lipinski definition) is 5. The number of carbonyl (C=O) groups is 1. The standard InChI is InChI=1S/C15H13N3O3/c1-9-6-13(15(16)17-8-9)10(2)14(19)11-4-3-5-12(7-11)18(20)21/h3-8H,2H2,1H3,(H2,16,17). The van der Waals surface area contributed by atoms with E-state index in [0.29, 0.717) is 5.56 Å². The molecule has 106 valence electrons. The molecule has 0 unspecified atom stereocenters. The van der Waals surface area contributed by atoms with Gasteiger partial charge in [-0.3, -0.25) is 14.9 Å². The summed E-state index contributed by atoms with van der Waals surface area (Å²) in [7, 11) is 0. The molecule has 0 amide bonds. The molecule has 0 aliphatic rings. The van der Waals surface area contributed by atoms with E-state index in [9.17, 15) is 14.9 Å². The molecule has 1 heterocycles. The van der Waals surface area contributed by atoms with Crippen molar-refractivity contribution >= 4 is 22.9 Å². The van der Waals surface area contributed by atoms with Gasteiger partial charge in [-0.05, 0) is 18.6 Å². The van der Waals surface area contributed by atoms with Gasteiger partial charge in [0.1, 0.15) is 5.82 Å². The summed E-state index contributed by atoms with van der Waals surface area (Å²) in [6.45, 7) is 5.56. The fourth-order valence-electron chi connectivity index (χ4n) is 1.88. The molecule has 1 aromatic carbocycles. The Bertz CT molecular complexity index is 754. The molecule has 0 fully saturated rings. The number of pyridine rings is 1. The number of anilines is 1. The Labute approximate surface area is 121 Å². The molecule has 0 spiro atoms. The van der Waals surface area contributed by atoms with Gasteiger partial charge in [-0.1, -0.05) is 18.7 Å². The fourth-order valence-corrected chi connectivity index (χ4v) is 1.88. The molecule has 2 aromatic rings.